The summed E-state index contributed by atoms with van der Waals surface area (Å²) in [6.45, 7) is 0. The molecule has 3 aromatic carbocycles. The minimum atomic E-state index is -0.978. The van der Waals surface area contributed by atoms with Crippen LogP contribution >= 0.6 is 11.6 Å². The molecule has 7 heteroatoms. The van der Waals surface area contributed by atoms with Gasteiger partial charge >= 0.3 is 11.7 Å². The predicted octanol–water partition coefficient (Wildman–Crippen LogP) is 5.14. The lowest BCUT2D eigenvalue weighted by Gasteiger charge is -2.43. The molecule has 0 atom stereocenters. The lowest BCUT2D eigenvalue weighted by Crippen LogP contribution is -2.47. The number of aromatic nitrogens is 2. The Labute approximate surface area is 196 Å². The van der Waals surface area contributed by atoms with Crippen molar-refractivity contribution >= 4 is 34.3 Å². The highest BCUT2D eigenvalue weighted by Gasteiger charge is 2.43. The highest BCUT2D eigenvalue weighted by Crippen LogP contribution is 2.46. The number of aromatic carboxylic acids is 1. The Hall–Kier alpha value is -3.51. The third-order valence-corrected chi connectivity index (χ3v) is 6.92. The van der Waals surface area contributed by atoms with Crippen molar-refractivity contribution in [1.29, 1.82) is 0 Å². The maximum absolute atomic E-state index is 14.0. The first-order chi connectivity index (χ1) is 15.8. The fraction of sp³-hybridized carbons (Fsp3) is 0.231. The van der Waals surface area contributed by atoms with Crippen LogP contribution in [-0.2, 0) is 5.54 Å². The van der Waals surface area contributed by atoms with Crippen molar-refractivity contribution in [2.24, 2.45) is 0 Å². The van der Waals surface area contributed by atoms with Gasteiger partial charge in [-0.15, -0.1) is 0 Å². The Morgan fingerprint density at radius 1 is 1.00 bits per heavy atom. The van der Waals surface area contributed by atoms with Gasteiger partial charge in [-0.2, -0.15) is 0 Å². The third kappa shape index (κ3) is 3.33. The third-order valence-electron chi connectivity index (χ3n) is 6.68. The topological polar surface area (TPSA) is 67.5 Å². The summed E-state index contributed by atoms with van der Waals surface area (Å²) in [7, 11) is 3.94. The van der Waals surface area contributed by atoms with Gasteiger partial charge in [-0.25, -0.2) is 9.59 Å². The van der Waals surface area contributed by atoms with E-state index in [2.05, 4.69) is 0 Å². The van der Waals surface area contributed by atoms with Crippen LogP contribution in [0, 0.1) is 0 Å². The van der Waals surface area contributed by atoms with Gasteiger partial charge in [-0.05, 0) is 79.4 Å². The van der Waals surface area contributed by atoms with Crippen LogP contribution in [0.2, 0.25) is 5.02 Å². The fourth-order valence-electron chi connectivity index (χ4n) is 4.83. The molecule has 5 rings (SSSR count). The molecular weight excluding hydrogens is 438 g/mol. The zero-order chi connectivity index (χ0) is 23.3. The monoisotopic (exact) mass is 461 g/mol. The number of fused-ring (bicyclic) bond motifs is 1. The van der Waals surface area contributed by atoms with E-state index in [1.807, 2.05) is 66.0 Å². The average Bonchev–Trinajstić information content (AvgIpc) is 3.05. The normalized spacial score (nSPS) is 14.8. The summed E-state index contributed by atoms with van der Waals surface area (Å²) in [5, 5.41) is 10.1. The van der Waals surface area contributed by atoms with Crippen LogP contribution in [-0.4, -0.2) is 34.3 Å². The molecule has 0 amide bonds. The first-order valence-corrected chi connectivity index (χ1v) is 11.2. The molecule has 33 heavy (non-hydrogen) atoms. The highest BCUT2D eigenvalue weighted by atomic mass is 35.5. The molecule has 0 bridgehead atoms. The number of imidazole rings is 1. The molecule has 1 fully saturated rings. The molecule has 6 nitrogen and oxygen atoms in total. The van der Waals surface area contributed by atoms with Crippen LogP contribution in [0.1, 0.15) is 35.2 Å². The number of carboxylic acids is 1. The number of rotatable bonds is 5. The van der Waals surface area contributed by atoms with Crippen molar-refractivity contribution in [1.82, 2.24) is 9.13 Å². The first-order valence-electron chi connectivity index (χ1n) is 10.9. The fourth-order valence-corrected chi connectivity index (χ4v) is 4.99. The molecule has 1 aliphatic rings. The van der Waals surface area contributed by atoms with Crippen molar-refractivity contribution in [3.63, 3.8) is 0 Å². The lowest BCUT2D eigenvalue weighted by molar-refractivity contribution is 0.0696. The van der Waals surface area contributed by atoms with Gasteiger partial charge in [0.2, 0.25) is 0 Å². The van der Waals surface area contributed by atoms with Crippen molar-refractivity contribution in [2.45, 2.75) is 24.8 Å². The smallest absolute Gasteiger partial charge is 0.335 e. The van der Waals surface area contributed by atoms with Crippen LogP contribution in [0.4, 0.5) is 5.69 Å². The van der Waals surface area contributed by atoms with E-state index in [1.54, 1.807) is 28.8 Å². The van der Waals surface area contributed by atoms with Gasteiger partial charge in [0.05, 0.1) is 27.8 Å². The van der Waals surface area contributed by atoms with Crippen LogP contribution in [0.25, 0.3) is 16.7 Å². The Bertz CT molecular complexity index is 1430. The number of nitrogens with zero attached hydrogens (tertiary/aromatic N) is 3. The van der Waals surface area contributed by atoms with Crippen molar-refractivity contribution in [3.05, 3.63) is 93.4 Å². The molecule has 1 saturated carbocycles. The standard InChI is InChI=1S/C26H24ClN3O3/c1-28(2)20-8-10-21(11-9-20)29-23-16-19(27)7-12-22(23)30(25(29)33)26(13-4-14-26)18-6-3-5-17(15-18)24(31)32/h3,5-12,15-16H,4,13-14H2,1-2H3,(H,31,32). The van der Waals surface area contributed by atoms with E-state index in [-0.39, 0.29) is 11.3 Å². The quantitative estimate of drug-likeness (QED) is 0.447. The van der Waals surface area contributed by atoms with Gasteiger partial charge in [0.1, 0.15) is 0 Å². The molecule has 0 aliphatic heterocycles. The zero-order valence-corrected chi connectivity index (χ0v) is 19.2. The number of benzene rings is 3. The largest absolute Gasteiger partial charge is 0.478 e. The summed E-state index contributed by atoms with van der Waals surface area (Å²) < 4.78 is 3.53. The highest BCUT2D eigenvalue weighted by molar-refractivity contribution is 6.31. The SMILES string of the molecule is CN(C)c1ccc(-n2c(=O)n(C3(c4cccc(C(=O)O)c4)CCC3)c3ccc(Cl)cc32)cc1. The predicted molar refractivity (Wildman–Crippen MR) is 131 cm³/mol. The van der Waals surface area contributed by atoms with Gasteiger partial charge in [0.15, 0.2) is 0 Å². The molecule has 1 aromatic heterocycles. The Morgan fingerprint density at radius 3 is 2.33 bits per heavy atom. The average molecular weight is 462 g/mol. The summed E-state index contributed by atoms with van der Waals surface area (Å²) in [6.07, 6.45) is 2.48. The Morgan fingerprint density at radius 2 is 1.73 bits per heavy atom. The molecule has 0 radical (unpaired) electrons. The molecule has 1 N–H and O–H groups in total. The van der Waals surface area contributed by atoms with Crippen LogP contribution in [0.3, 0.4) is 0 Å². The molecular formula is C26H24ClN3O3. The van der Waals surface area contributed by atoms with Crippen LogP contribution < -0.4 is 10.6 Å². The van der Waals surface area contributed by atoms with Crippen molar-refractivity contribution < 1.29 is 9.90 Å². The van der Waals surface area contributed by atoms with Crippen molar-refractivity contribution in [3.8, 4) is 5.69 Å². The van der Waals surface area contributed by atoms with Gasteiger partial charge in [0, 0.05) is 24.8 Å². The number of carboxylic acid groups (broad SMARTS) is 1. The first kappa shape index (κ1) is 21.3. The second-order valence-electron chi connectivity index (χ2n) is 8.77. The summed E-state index contributed by atoms with van der Waals surface area (Å²) >= 11 is 6.34. The molecule has 0 spiro atoms. The number of anilines is 1. The summed E-state index contributed by atoms with van der Waals surface area (Å²) in [5.74, 6) is -0.978. The van der Waals surface area contributed by atoms with Gasteiger partial charge in [-0.1, -0.05) is 23.7 Å². The van der Waals surface area contributed by atoms with E-state index in [0.717, 1.165) is 47.2 Å². The molecule has 4 aromatic rings. The summed E-state index contributed by atoms with van der Waals surface area (Å²) in [6, 6.07) is 20.2. The lowest BCUT2D eigenvalue weighted by atomic mass is 9.71. The molecule has 1 aliphatic carbocycles. The van der Waals surface area contributed by atoms with E-state index in [9.17, 15) is 14.7 Å². The minimum absolute atomic E-state index is 0.162. The summed E-state index contributed by atoms with van der Waals surface area (Å²) in [4.78, 5) is 27.6. The van der Waals surface area contributed by atoms with Crippen LogP contribution in [0.15, 0.2) is 71.5 Å². The zero-order valence-electron chi connectivity index (χ0n) is 18.5. The number of hydrogen-bond donors (Lipinski definition) is 1. The minimum Gasteiger partial charge on any atom is -0.478 e. The maximum atomic E-state index is 14.0. The number of hydrogen-bond acceptors (Lipinski definition) is 3. The van der Waals surface area contributed by atoms with Crippen molar-refractivity contribution in [2.75, 3.05) is 19.0 Å². The number of carbonyl (C=O) groups is 1. The molecule has 0 unspecified atom stereocenters. The van der Waals surface area contributed by atoms with Gasteiger partial charge in [-0.3, -0.25) is 9.13 Å². The summed E-state index contributed by atoms with van der Waals surface area (Å²) in [5.41, 5.74) is 3.60. The Kier molecular flexibility index (Phi) is 5.05. The second-order valence-corrected chi connectivity index (χ2v) is 9.20. The van der Waals surface area contributed by atoms with E-state index >= 15 is 0 Å². The number of halogens is 1. The molecule has 1 heterocycles. The van der Waals surface area contributed by atoms with Gasteiger partial charge < -0.3 is 10.0 Å². The van der Waals surface area contributed by atoms with Crippen LogP contribution in [0.5, 0.6) is 0 Å². The second kappa shape index (κ2) is 7.81. The van der Waals surface area contributed by atoms with E-state index in [4.69, 9.17) is 11.6 Å². The van der Waals surface area contributed by atoms with E-state index in [1.165, 1.54) is 0 Å². The van der Waals surface area contributed by atoms with E-state index in [0.29, 0.717) is 5.02 Å². The molecule has 168 valence electrons. The Balaban J connectivity index is 1.78. The van der Waals surface area contributed by atoms with E-state index < -0.39 is 11.5 Å². The van der Waals surface area contributed by atoms with Gasteiger partial charge in [0.25, 0.3) is 0 Å². The molecule has 0 saturated heterocycles. The maximum Gasteiger partial charge on any atom is 0.335 e.